The molecule has 36 heavy (non-hydrogen) atoms. The highest BCUT2D eigenvalue weighted by molar-refractivity contribution is 6.08. The normalized spacial score (nSPS) is 17.1. The van der Waals surface area contributed by atoms with Crippen LogP contribution in [0.25, 0.3) is 0 Å². The first-order chi connectivity index (χ1) is 16.9. The molecule has 1 aliphatic heterocycles. The second-order valence-corrected chi connectivity index (χ2v) is 8.71. The van der Waals surface area contributed by atoms with Crippen LogP contribution in [0, 0.1) is 0 Å². The van der Waals surface area contributed by atoms with Crippen molar-refractivity contribution < 1.29 is 33.8 Å². The molecule has 0 aliphatic carbocycles. The van der Waals surface area contributed by atoms with Crippen molar-refractivity contribution >= 4 is 35.0 Å². The number of likely N-dealkylation sites (N-methyl/N-ethyl adjacent to an activating group) is 2. The van der Waals surface area contributed by atoms with E-state index >= 15 is 0 Å². The number of nitrogens with zero attached hydrogens (tertiary/aromatic N) is 2. The number of hydrogen-bond acceptors (Lipinski definition) is 8. The minimum atomic E-state index is -1.29. The minimum absolute atomic E-state index is 0.0108. The Morgan fingerprint density at radius 1 is 1.19 bits per heavy atom. The van der Waals surface area contributed by atoms with Gasteiger partial charge in [-0.25, -0.2) is 0 Å². The second kappa shape index (κ2) is 12.1. The summed E-state index contributed by atoms with van der Waals surface area (Å²) in [4.78, 5) is 65.7. The van der Waals surface area contributed by atoms with Crippen LogP contribution in [0.3, 0.4) is 0 Å². The predicted octanol–water partition coefficient (Wildman–Crippen LogP) is 0.965. The number of carbonyl (C=O) groups is 5. The van der Waals surface area contributed by atoms with Crippen LogP contribution < -0.4 is 11.1 Å². The minimum Gasteiger partial charge on any atom is -0.481 e. The number of methoxy groups -OCH3 is 1. The first-order valence-electron chi connectivity index (χ1n) is 11.2. The maximum absolute atomic E-state index is 13.3. The molecule has 11 heteroatoms. The van der Waals surface area contributed by atoms with Gasteiger partial charge in [-0.05, 0) is 38.5 Å². The lowest BCUT2D eigenvalue weighted by molar-refractivity contribution is -0.140. The Kier molecular flexibility index (Phi) is 9.51. The van der Waals surface area contributed by atoms with Crippen LogP contribution in [0.15, 0.2) is 47.8 Å². The summed E-state index contributed by atoms with van der Waals surface area (Å²) >= 11 is 0. The van der Waals surface area contributed by atoms with E-state index in [-0.39, 0.29) is 29.8 Å². The zero-order chi connectivity index (χ0) is 27.2. The smallest absolute Gasteiger partial charge is 0.303 e. The van der Waals surface area contributed by atoms with Gasteiger partial charge in [-0.3, -0.25) is 24.0 Å². The molecule has 0 radical (unpaired) electrons. The van der Waals surface area contributed by atoms with E-state index < -0.39 is 47.5 Å². The topological polar surface area (TPSA) is 159 Å². The summed E-state index contributed by atoms with van der Waals surface area (Å²) in [5.41, 5.74) is 7.02. The number of benzene rings is 1. The Morgan fingerprint density at radius 3 is 2.39 bits per heavy atom. The van der Waals surface area contributed by atoms with Gasteiger partial charge in [-0.2, -0.15) is 0 Å². The number of anilines is 1. The van der Waals surface area contributed by atoms with Crippen molar-refractivity contribution in [2.24, 2.45) is 0 Å². The Bertz CT molecular complexity index is 1110. The summed E-state index contributed by atoms with van der Waals surface area (Å²) < 4.78 is 5.43. The Balaban J connectivity index is 2.37. The van der Waals surface area contributed by atoms with E-state index in [1.165, 1.54) is 44.4 Å². The summed E-state index contributed by atoms with van der Waals surface area (Å²) in [6, 6.07) is 4.08. The highest BCUT2D eigenvalue weighted by atomic mass is 16.5. The summed E-state index contributed by atoms with van der Waals surface area (Å²) in [6.07, 6.45) is 0.866. The largest absolute Gasteiger partial charge is 0.481 e. The van der Waals surface area contributed by atoms with E-state index in [1.54, 1.807) is 32.0 Å². The fourth-order valence-electron chi connectivity index (χ4n) is 3.84. The monoisotopic (exact) mass is 500 g/mol. The Morgan fingerprint density at radius 2 is 1.83 bits per heavy atom. The van der Waals surface area contributed by atoms with Crippen LogP contribution in [-0.4, -0.2) is 83.6 Å². The maximum atomic E-state index is 13.3. The molecule has 11 nitrogen and oxygen atoms in total. The second-order valence-electron chi connectivity index (χ2n) is 8.71. The number of aliphatic carboxylic acids is 1. The predicted molar refractivity (Wildman–Crippen MR) is 132 cm³/mol. The van der Waals surface area contributed by atoms with Crippen LogP contribution in [0.2, 0.25) is 0 Å². The van der Waals surface area contributed by atoms with Crippen molar-refractivity contribution in [1.82, 2.24) is 15.1 Å². The third-order valence-electron chi connectivity index (χ3n) is 5.70. The van der Waals surface area contributed by atoms with Crippen molar-refractivity contribution in [2.75, 3.05) is 26.9 Å². The molecule has 194 valence electrons. The summed E-state index contributed by atoms with van der Waals surface area (Å²) in [5, 5.41) is 11.6. The molecule has 0 spiro atoms. The van der Waals surface area contributed by atoms with E-state index in [1.807, 2.05) is 0 Å². The number of nitrogens with one attached hydrogen (secondary N) is 1. The lowest BCUT2D eigenvalue weighted by Gasteiger charge is -2.40. The van der Waals surface area contributed by atoms with Crippen molar-refractivity contribution in [3.8, 4) is 0 Å². The van der Waals surface area contributed by atoms with E-state index in [0.29, 0.717) is 5.57 Å². The summed E-state index contributed by atoms with van der Waals surface area (Å²) in [7, 11) is 4.17. The van der Waals surface area contributed by atoms with Crippen LogP contribution in [0.4, 0.5) is 5.69 Å². The molecule has 0 aromatic heterocycles. The average Bonchev–Trinajstić information content (AvgIpc) is 2.80. The molecule has 0 fully saturated rings. The van der Waals surface area contributed by atoms with Gasteiger partial charge in [0.25, 0.3) is 11.8 Å². The molecule has 1 aliphatic rings. The van der Waals surface area contributed by atoms with Crippen LogP contribution in [0.1, 0.15) is 37.0 Å². The molecule has 4 N–H and O–H groups in total. The van der Waals surface area contributed by atoms with Gasteiger partial charge in [-0.1, -0.05) is 17.7 Å². The Labute approximate surface area is 209 Å². The number of carbonyl (C=O) groups excluding carboxylic acids is 4. The zero-order valence-corrected chi connectivity index (χ0v) is 21.0. The number of nitrogen functional groups attached to an aromatic ring is 1. The first kappa shape index (κ1) is 28.2. The number of carboxylic acids is 1. The maximum Gasteiger partial charge on any atom is 0.303 e. The van der Waals surface area contributed by atoms with E-state index in [2.05, 4.69) is 5.32 Å². The van der Waals surface area contributed by atoms with Gasteiger partial charge in [0.05, 0.1) is 6.04 Å². The molecular weight excluding hydrogens is 468 g/mol. The molecule has 2 rings (SSSR count). The molecule has 3 atom stereocenters. The number of allylic oxidation sites excluding steroid dienone is 1. The number of ketones is 2. The van der Waals surface area contributed by atoms with Crippen LogP contribution >= 0.6 is 0 Å². The van der Waals surface area contributed by atoms with Crippen molar-refractivity contribution in [3.63, 3.8) is 0 Å². The molecule has 2 amide bonds. The molecule has 1 aromatic carbocycles. The van der Waals surface area contributed by atoms with Gasteiger partial charge >= 0.3 is 5.97 Å². The van der Waals surface area contributed by atoms with Crippen molar-refractivity contribution in [2.45, 2.75) is 44.9 Å². The number of rotatable bonds is 11. The number of hydrogen-bond donors (Lipinski definition) is 3. The third-order valence-corrected chi connectivity index (χ3v) is 5.70. The highest BCUT2D eigenvalue weighted by Gasteiger charge is 2.44. The number of carboxylic acid groups (broad SMARTS) is 1. The molecular formula is C25H32N4O7. The summed E-state index contributed by atoms with van der Waals surface area (Å²) in [6.45, 7) is 3.41. The van der Waals surface area contributed by atoms with E-state index in [9.17, 15) is 24.0 Å². The Hall–Kier alpha value is -3.99. The van der Waals surface area contributed by atoms with Crippen molar-refractivity contribution in [1.29, 1.82) is 0 Å². The van der Waals surface area contributed by atoms with Gasteiger partial charge in [-0.15, -0.1) is 0 Å². The van der Waals surface area contributed by atoms with Gasteiger partial charge < -0.3 is 30.7 Å². The quantitative estimate of drug-likeness (QED) is 0.228. The van der Waals surface area contributed by atoms with Crippen LogP contribution in [0.5, 0.6) is 0 Å². The molecule has 0 saturated carbocycles. The lowest BCUT2D eigenvalue weighted by atomic mass is 9.95. The fraction of sp³-hybridized carbons (Fsp3) is 0.400. The third kappa shape index (κ3) is 6.57. The standard InChI is InChI=1S/C25H32N4O7/c1-14(2)12-19(30)17(10-11-20(31)32)27-24(34)18-13-28(3)25(35)21(29(18)4)23(36-5)22(33)15-8-6-7-9-16(15)26/h6-9,12-13,17,21,23H,10-11,26H2,1-5H3,(H,27,34)(H,31,32). The van der Waals surface area contributed by atoms with Gasteiger partial charge in [0, 0.05) is 45.1 Å². The molecule has 1 heterocycles. The number of ether oxygens (including phenoxy) is 1. The molecule has 0 bridgehead atoms. The molecule has 0 saturated heterocycles. The van der Waals surface area contributed by atoms with Gasteiger partial charge in [0.15, 0.2) is 11.6 Å². The number of nitrogens with two attached hydrogens (primary N) is 1. The van der Waals surface area contributed by atoms with E-state index in [0.717, 1.165) is 4.90 Å². The fourth-order valence-corrected chi connectivity index (χ4v) is 3.84. The average molecular weight is 501 g/mol. The molecule has 3 unspecified atom stereocenters. The highest BCUT2D eigenvalue weighted by Crippen LogP contribution is 2.25. The number of Topliss-reactive ketones (excluding diaryl/α,β-unsaturated/α-hetero) is 1. The van der Waals surface area contributed by atoms with Gasteiger partial charge in [0.1, 0.15) is 17.8 Å². The SMILES string of the molecule is COC(C(=O)c1ccccc1N)C1C(=O)N(C)C=C(C(=O)NC(CCC(=O)O)C(=O)C=C(C)C)N1C. The van der Waals surface area contributed by atoms with Crippen molar-refractivity contribution in [3.05, 3.63) is 53.4 Å². The molecule has 1 aromatic rings. The van der Waals surface area contributed by atoms with Gasteiger partial charge in [0.2, 0.25) is 0 Å². The lowest BCUT2D eigenvalue weighted by Crippen LogP contribution is -2.59. The first-order valence-corrected chi connectivity index (χ1v) is 11.2. The zero-order valence-electron chi connectivity index (χ0n) is 21.0. The number of para-hydroxylation sites is 1. The van der Waals surface area contributed by atoms with E-state index in [4.69, 9.17) is 15.6 Å². The summed E-state index contributed by atoms with van der Waals surface area (Å²) in [5.74, 6) is -3.30. The van der Waals surface area contributed by atoms with Crippen LogP contribution in [-0.2, 0) is 23.9 Å². The number of amides is 2.